The van der Waals surface area contributed by atoms with Gasteiger partial charge in [0.1, 0.15) is 12.0 Å². The molecule has 2 aromatic carbocycles. The minimum Gasteiger partial charge on any atom is -0.494 e. The van der Waals surface area contributed by atoms with E-state index >= 15 is 0 Å². The Morgan fingerprint density at radius 3 is 2.69 bits per heavy atom. The zero-order valence-corrected chi connectivity index (χ0v) is 9.06. The molecule has 16 heavy (non-hydrogen) atoms. The van der Waals surface area contributed by atoms with Crippen LogP contribution in [0.25, 0.3) is 10.8 Å². The van der Waals surface area contributed by atoms with Crippen LogP contribution in [-0.4, -0.2) is 12.9 Å². The third kappa shape index (κ3) is 2.60. The number of ether oxygens (including phenoxy) is 1. The molecule has 0 amide bonds. The first-order chi connectivity index (χ1) is 7.90. The van der Waals surface area contributed by atoms with Crippen LogP contribution in [0.1, 0.15) is 12.8 Å². The maximum atomic E-state index is 10.1. The van der Waals surface area contributed by atoms with E-state index in [4.69, 9.17) is 4.74 Å². The Bertz CT molecular complexity index is 477. The minimum atomic E-state index is 0.563. The number of aldehydes is 1. The maximum absolute atomic E-state index is 10.1. The summed E-state index contributed by atoms with van der Waals surface area (Å²) in [4.78, 5) is 10.1. The fourth-order valence-corrected chi connectivity index (χ4v) is 1.61. The van der Waals surface area contributed by atoms with E-state index in [2.05, 4.69) is 12.1 Å². The second kappa shape index (κ2) is 5.31. The van der Waals surface area contributed by atoms with Crippen molar-refractivity contribution in [1.29, 1.82) is 0 Å². The van der Waals surface area contributed by atoms with Crippen LogP contribution in [0.5, 0.6) is 5.75 Å². The monoisotopic (exact) mass is 214 g/mol. The molecule has 2 nitrogen and oxygen atoms in total. The van der Waals surface area contributed by atoms with Gasteiger partial charge < -0.3 is 9.53 Å². The average Bonchev–Trinajstić information content (AvgIpc) is 2.34. The largest absolute Gasteiger partial charge is 0.494 e. The molecule has 82 valence electrons. The van der Waals surface area contributed by atoms with Crippen LogP contribution in [0.15, 0.2) is 42.5 Å². The van der Waals surface area contributed by atoms with E-state index in [0.717, 1.165) is 18.5 Å². The Balaban J connectivity index is 2.05. The Kier molecular flexibility index (Phi) is 3.54. The SMILES string of the molecule is O=CCCCOc1ccc2ccccc2c1. The Morgan fingerprint density at radius 2 is 1.88 bits per heavy atom. The highest BCUT2D eigenvalue weighted by Crippen LogP contribution is 2.20. The third-order valence-electron chi connectivity index (χ3n) is 2.46. The lowest BCUT2D eigenvalue weighted by atomic mass is 10.1. The van der Waals surface area contributed by atoms with E-state index < -0.39 is 0 Å². The lowest BCUT2D eigenvalue weighted by molar-refractivity contribution is -0.108. The molecule has 0 heterocycles. The summed E-state index contributed by atoms with van der Waals surface area (Å²) in [5, 5.41) is 2.39. The third-order valence-corrected chi connectivity index (χ3v) is 2.46. The molecule has 2 rings (SSSR count). The molecule has 0 saturated heterocycles. The van der Waals surface area contributed by atoms with Crippen molar-refractivity contribution in [3.8, 4) is 5.75 Å². The smallest absolute Gasteiger partial charge is 0.120 e. The van der Waals surface area contributed by atoms with E-state index in [0.29, 0.717) is 13.0 Å². The predicted molar refractivity (Wildman–Crippen MR) is 64.7 cm³/mol. The quantitative estimate of drug-likeness (QED) is 0.564. The van der Waals surface area contributed by atoms with Gasteiger partial charge in [-0.1, -0.05) is 30.3 Å². The van der Waals surface area contributed by atoms with E-state index in [1.165, 1.54) is 10.8 Å². The molecule has 0 aliphatic rings. The zero-order chi connectivity index (χ0) is 11.2. The van der Waals surface area contributed by atoms with Gasteiger partial charge in [-0.2, -0.15) is 0 Å². The van der Waals surface area contributed by atoms with Crippen molar-refractivity contribution in [1.82, 2.24) is 0 Å². The van der Waals surface area contributed by atoms with Crippen LogP contribution in [0.4, 0.5) is 0 Å². The average molecular weight is 214 g/mol. The molecule has 2 aromatic rings. The van der Waals surface area contributed by atoms with E-state index in [9.17, 15) is 4.79 Å². The molecule has 0 aliphatic carbocycles. The highest BCUT2D eigenvalue weighted by atomic mass is 16.5. The van der Waals surface area contributed by atoms with Gasteiger partial charge in [-0.25, -0.2) is 0 Å². The van der Waals surface area contributed by atoms with Gasteiger partial charge in [0.15, 0.2) is 0 Å². The van der Waals surface area contributed by atoms with Crippen molar-refractivity contribution >= 4 is 17.1 Å². The second-order valence-corrected chi connectivity index (χ2v) is 3.67. The molecular formula is C14H14O2. The number of hydrogen-bond acceptors (Lipinski definition) is 2. The van der Waals surface area contributed by atoms with Crippen LogP contribution in [0.3, 0.4) is 0 Å². The fraction of sp³-hybridized carbons (Fsp3) is 0.214. The summed E-state index contributed by atoms with van der Waals surface area (Å²) in [6.45, 7) is 0.594. The standard InChI is InChI=1S/C14H14O2/c15-9-3-4-10-16-14-8-7-12-5-1-2-6-13(12)11-14/h1-2,5-9,11H,3-4,10H2. The van der Waals surface area contributed by atoms with Crippen molar-refractivity contribution in [3.63, 3.8) is 0 Å². The second-order valence-electron chi connectivity index (χ2n) is 3.67. The molecular weight excluding hydrogens is 200 g/mol. The molecule has 0 fully saturated rings. The zero-order valence-electron chi connectivity index (χ0n) is 9.06. The maximum Gasteiger partial charge on any atom is 0.120 e. The first-order valence-corrected chi connectivity index (χ1v) is 5.45. The molecule has 0 bridgehead atoms. The topological polar surface area (TPSA) is 26.3 Å². The van der Waals surface area contributed by atoms with Gasteiger partial charge in [-0.15, -0.1) is 0 Å². The molecule has 0 N–H and O–H groups in total. The molecule has 0 saturated carbocycles. The lowest BCUT2D eigenvalue weighted by Gasteiger charge is -2.06. The van der Waals surface area contributed by atoms with Crippen molar-refractivity contribution in [2.45, 2.75) is 12.8 Å². The summed E-state index contributed by atoms with van der Waals surface area (Å²) in [6.07, 6.45) is 2.26. The molecule has 0 spiro atoms. The lowest BCUT2D eigenvalue weighted by Crippen LogP contribution is -1.97. The van der Waals surface area contributed by atoms with Gasteiger partial charge >= 0.3 is 0 Å². The van der Waals surface area contributed by atoms with Crippen molar-refractivity contribution in [3.05, 3.63) is 42.5 Å². The summed E-state index contributed by atoms with van der Waals surface area (Å²) in [5.41, 5.74) is 0. The van der Waals surface area contributed by atoms with Crippen LogP contribution in [-0.2, 0) is 4.79 Å². The predicted octanol–water partition coefficient (Wildman–Crippen LogP) is 3.20. The van der Waals surface area contributed by atoms with Gasteiger partial charge in [0, 0.05) is 6.42 Å². The van der Waals surface area contributed by atoms with E-state index in [1.54, 1.807) is 0 Å². The first kappa shape index (κ1) is 10.7. The Hall–Kier alpha value is -1.83. The van der Waals surface area contributed by atoms with Crippen LogP contribution < -0.4 is 4.74 Å². The molecule has 0 radical (unpaired) electrons. The van der Waals surface area contributed by atoms with E-state index in [1.807, 2.05) is 30.3 Å². The summed E-state index contributed by atoms with van der Waals surface area (Å²) >= 11 is 0. The van der Waals surface area contributed by atoms with Crippen molar-refractivity contribution in [2.75, 3.05) is 6.61 Å². The number of benzene rings is 2. The molecule has 0 unspecified atom stereocenters. The summed E-state index contributed by atoms with van der Waals surface area (Å²) in [5.74, 6) is 0.865. The summed E-state index contributed by atoms with van der Waals surface area (Å²) in [6, 6.07) is 14.2. The van der Waals surface area contributed by atoms with Gasteiger partial charge in [0.2, 0.25) is 0 Å². The number of rotatable bonds is 5. The number of carbonyl (C=O) groups is 1. The number of hydrogen-bond donors (Lipinski definition) is 0. The van der Waals surface area contributed by atoms with Crippen LogP contribution in [0.2, 0.25) is 0 Å². The summed E-state index contributed by atoms with van der Waals surface area (Å²) < 4.78 is 5.56. The summed E-state index contributed by atoms with van der Waals surface area (Å²) in [7, 11) is 0. The van der Waals surface area contributed by atoms with Gasteiger partial charge in [0.25, 0.3) is 0 Å². The highest BCUT2D eigenvalue weighted by molar-refractivity contribution is 5.83. The normalized spacial score (nSPS) is 10.2. The minimum absolute atomic E-state index is 0.563. The van der Waals surface area contributed by atoms with E-state index in [-0.39, 0.29) is 0 Å². The van der Waals surface area contributed by atoms with Crippen molar-refractivity contribution in [2.24, 2.45) is 0 Å². The number of fused-ring (bicyclic) bond motifs is 1. The fourth-order valence-electron chi connectivity index (χ4n) is 1.61. The van der Waals surface area contributed by atoms with Gasteiger partial charge in [-0.3, -0.25) is 0 Å². The van der Waals surface area contributed by atoms with Gasteiger partial charge in [0.05, 0.1) is 6.61 Å². The highest BCUT2D eigenvalue weighted by Gasteiger charge is 1.96. The van der Waals surface area contributed by atoms with Crippen molar-refractivity contribution < 1.29 is 9.53 Å². The number of unbranched alkanes of at least 4 members (excludes halogenated alkanes) is 1. The molecule has 0 aromatic heterocycles. The Morgan fingerprint density at radius 1 is 1.06 bits per heavy atom. The molecule has 2 heteroatoms. The Labute approximate surface area is 94.8 Å². The molecule has 0 atom stereocenters. The van der Waals surface area contributed by atoms with Crippen LogP contribution in [0, 0.1) is 0 Å². The number of carbonyl (C=O) groups excluding carboxylic acids is 1. The first-order valence-electron chi connectivity index (χ1n) is 5.45. The molecule has 0 aliphatic heterocycles. The van der Waals surface area contributed by atoms with Crippen LogP contribution >= 0.6 is 0 Å². The van der Waals surface area contributed by atoms with Gasteiger partial charge in [-0.05, 0) is 29.3 Å².